The van der Waals surface area contributed by atoms with Gasteiger partial charge in [0.05, 0.1) is 0 Å². The van der Waals surface area contributed by atoms with E-state index in [1.807, 2.05) is 0 Å². The van der Waals surface area contributed by atoms with Crippen molar-refractivity contribution in [3.8, 4) is 0 Å². The molecule has 0 heterocycles. The van der Waals surface area contributed by atoms with E-state index in [9.17, 15) is 9.59 Å². The zero-order valence-corrected chi connectivity index (χ0v) is 13.4. The highest BCUT2D eigenvalue weighted by Gasteiger charge is 2.23. The number of amides is 1. The Morgan fingerprint density at radius 2 is 1.65 bits per heavy atom. The van der Waals surface area contributed by atoms with Crippen LogP contribution < -0.4 is 5.32 Å². The lowest BCUT2D eigenvalue weighted by Crippen LogP contribution is -2.43. The minimum absolute atomic E-state index is 0.437. The third kappa shape index (κ3) is 10.6. The van der Waals surface area contributed by atoms with Crippen LogP contribution in [0, 0.1) is 5.92 Å². The molecule has 0 radical (unpaired) electrons. The first kappa shape index (κ1) is 18.7. The zero-order valence-electron chi connectivity index (χ0n) is 13.4. The molecule has 0 spiro atoms. The number of hydrogen-bond donors (Lipinski definition) is 2. The molecule has 0 rings (SSSR count). The first-order valence-electron chi connectivity index (χ1n) is 7.34. The highest BCUT2D eigenvalue weighted by Crippen LogP contribution is 2.12. The Kier molecular flexibility index (Phi) is 8.26. The predicted octanol–water partition coefficient (Wildman–Crippen LogP) is 3.57. The molecular weight excluding hydrogens is 258 g/mol. The molecule has 1 atom stereocenters. The molecule has 5 nitrogen and oxygen atoms in total. The van der Waals surface area contributed by atoms with E-state index < -0.39 is 23.7 Å². The molecule has 0 saturated heterocycles. The lowest BCUT2D eigenvalue weighted by Gasteiger charge is -2.22. The molecule has 5 heteroatoms. The molecular formula is C15H29NO4. The fraction of sp³-hybridized carbons (Fsp3) is 0.867. The molecule has 1 amide bonds. The molecule has 0 aromatic heterocycles. The molecule has 2 N–H and O–H groups in total. The fourth-order valence-corrected chi connectivity index (χ4v) is 1.79. The average Bonchev–Trinajstić information content (AvgIpc) is 2.23. The quantitative estimate of drug-likeness (QED) is 0.669. The number of carbonyl (C=O) groups excluding carboxylic acids is 1. The van der Waals surface area contributed by atoms with Crippen molar-refractivity contribution in [3.63, 3.8) is 0 Å². The van der Waals surface area contributed by atoms with Crippen LogP contribution in [0.25, 0.3) is 0 Å². The summed E-state index contributed by atoms with van der Waals surface area (Å²) in [5.74, 6) is -0.343. The van der Waals surface area contributed by atoms with Gasteiger partial charge in [0, 0.05) is 0 Å². The molecule has 0 aliphatic rings. The Bertz CT molecular complexity index is 307. The third-order valence-corrected chi connectivity index (χ3v) is 2.76. The molecule has 0 saturated carbocycles. The number of alkyl carbamates (subject to hydrolysis) is 1. The number of carboxylic acids is 1. The second-order valence-electron chi connectivity index (χ2n) is 6.57. The van der Waals surface area contributed by atoms with Gasteiger partial charge in [-0.2, -0.15) is 0 Å². The molecule has 20 heavy (non-hydrogen) atoms. The minimum Gasteiger partial charge on any atom is -0.480 e. The topological polar surface area (TPSA) is 75.6 Å². The number of nitrogens with one attached hydrogen (secondary N) is 1. The van der Waals surface area contributed by atoms with Crippen LogP contribution in [0.3, 0.4) is 0 Å². The van der Waals surface area contributed by atoms with Crippen LogP contribution in [0.1, 0.15) is 66.7 Å². The summed E-state index contributed by atoms with van der Waals surface area (Å²) in [5, 5.41) is 11.5. The van der Waals surface area contributed by atoms with Crippen LogP contribution in [0.15, 0.2) is 0 Å². The first-order chi connectivity index (χ1) is 9.11. The van der Waals surface area contributed by atoms with Gasteiger partial charge >= 0.3 is 12.1 Å². The lowest BCUT2D eigenvalue weighted by atomic mass is 10.0. The molecule has 0 aliphatic carbocycles. The largest absolute Gasteiger partial charge is 0.480 e. The van der Waals surface area contributed by atoms with E-state index in [0.29, 0.717) is 12.3 Å². The van der Waals surface area contributed by atoms with Crippen LogP contribution in [-0.2, 0) is 9.53 Å². The predicted molar refractivity (Wildman–Crippen MR) is 78.7 cm³/mol. The Labute approximate surface area is 122 Å². The van der Waals surface area contributed by atoms with Gasteiger partial charge < -0.3 is 15.2 Å². The monoisotopic (exact) mass is 287 g/mol. The second kappa shape index (κ2) is 8.82. The van der Waals surface area contributed by atoms with Crippen molar-refractivity contribution in [1.82, 2.24) is 5.32 Å². The van der Waals surface area contributed by atoms with Gasteiger partial charge in [0.2, 0.25) is 0 Å². The summed E-state index contributed by atoms with van der Waals surface area (Å²) in [4.78, 5) is 22.7. The van der Waals surface area contributed by atoms with Crippen LogP contribution >= 0.6 is 0 Å². The Morgan fingerprint density at radius 3 is 2.10 bits per heavy atom. The van der Waals surface area contributed by atoms with E-state index in [1.54, 1.807) is 20.8 Å². The second-order valence-corrected chi connectivity index (χ2v) is 6.57. The third-order valence-electron chi connectivity index (χ3n) is 2.76. The SMILES string of the molecule is CC(C)CCCCC[C@@H](NC(=O)OC(C)(C)C)C(=O)O. The number of carboxylic acid groups (broad SMARTS) is 1. The standard InChI is InChI=1S/C15H29NO4/c1-11(2)9-7-6-8-10-12(13(17)18)16-14(19)20-15(3,4)5/h11-12H,6-10H2,1-5H3,(H,16,19)(H,17,18)/t12-/m1/s1. The smallest absolute Gasteiger partial charge is 0.408 e. The van der Waals surface area contributed by atoms with E-state index in [-0.39, 0.29) is 0 Å². The van der Waals surface area contributed by atoms with Crippen molar-refractivity contribution in [2.24, 2.45) is 5.92 Å². The number of hydrogen-bond acceptors (Lipinski definition) is 3. The number of rotatable bonds is 8. The van der Waals surface area contributed by atoms with Gasteiger partial charge in [-0.25, -0.2) is 9.59 Å². The van der Waals surface area contributed by atoms with E-state index in [2.05, 4.69) is 19.2 Å². The maximum Gasteiger partial charge on any atom is 0.408 e. The van der Waals surface area contributed by atoms with Crippen LogP contribution in [0.2, 0.25) is 0 Å². The lowest BCUT2D eigenvalue weighted by molar-refractivity contribution is -0.139. The molecule has 0 bridgehead atoms. The van der Waals surface area contributed by atoms with E-state index in [4.69, 9.17) is 9.84 Å². The number of ether oxygens (including phenoxy) is 1. The van der Waals surface area contributed by atoms with Crippen molar-refractivity contribution in [2.75, 3.05) is 0 Å². The first-order valence-corrected chi connectivity index (χ1v) is 7.34. The van der Waals surface area contributed by atoms with Crippen molar-refractivity contribution < 1.29 is 19.4 Å². The Hall–Kier alpha value is -1.26. The molecule has 0 fully saturated rings. The van der Waals surface area contributed by atoms with E-state index in [1.165, 1.54) is 0 Å². The molecule has 0 aromatic carbocycles. The fourth-order valence-electron chi connectivity index (χ4n) is 1.79. The van der Waals surface area contributed by atoms with Crippen molar-refractivity contribution >= 4 is 12.1 Å². The zero-order chi connectivity index (χ0) is 15.8. The molecule has 118 valence electrons. The van der Waals surface area contributed by atoms with Crippen molar-refractivity contribution in [3.05, 3.63) is 0 Å². The van der Waals surface area contributed by atoms with Gasteiger partial charge in [-0.15, -0.1) is 0 Å². The Balaban J connectivity index is 4.05. The Morgan fingerprint density at radius 1 is 1.10 bits per heavy atom. The van der Waals surface area contributed by atoms with Crippen molar-refractivity contribution in [2.45, 2.75) is 78.4 Å². The summed E-state index contributed by atoms with van der Waals surface area (Å²) >= 11 is 0. The molecule has 0 aliphatic heterocycles. The van der Waals surface area contributed by atoms with E-state index >= 15 is 0 Å². The van der Waals surface area contributed by atoms with Gasteiger partial charge in [-0.3, -0.25) is 0 Å². The van der Waals surface area contributed by atoms with E-state index in [0.717, 1.165) is 25.7 Å². The summed E-state index contributed by atoms with van der Waals surface area (Å²) in [6.07, 6.45) is 3.78. The molecule has 0 unspecified atom stereocenters. The van der Waals surface area contributed by atoms with Gasteiger partial charge in [0.25, 0.3) is 0 Å². The summed E-state index contributed by atoms with van der Waals surface area (Å²) in [7, 11) is 0. The van der Waals surface area contributed by atoms with Crippen LogP contribution in [0.4, 0.5) is 4.79 Å². The van der Waals surface area contributed by atoms with Crippen LogP contribution in [0.5, 0.6) is 0 Å². The van der Waals surface area contributed by atoms with Crippen LogP contribution in [-0.4, -0.2) is 28.8 Å². The van der Waals surface area contributed by atoms with Gasteiger partial charge in [-0.05, 0) is 33.1 Å². The summed E-state index contributed by atoms with van der Waals surface area (Å²) in [6.45, 7) is 9.57. The summed E-state index contributed by atoms with van der Waals surface area (Å²) < 4.78 is 5.06. The highest BCUT2D eigenvalue weighted by atomic mass is 16.6. The average molecular weight is 287 g/mol. The number of aliphatic carboxylic acids is 1. The normalized spacial score (nSPS) is 13.1. The summed E-state index contributed by atoms with van der Waals surface area (Å²) in [5.41, 5.74) is -0.621. The van der Waals surface area contributed by atoms with Gasteiger partial charge in [0.1, 0.15) is 11.6 Å². The van der Waals surface area contributed by atoms with Gasteiger partial charge in [0.15, 0.2) is 0 Å². The van der Waals surface area contributed by atoms with Crippen molar-refractivity contribution in [1.29, 1.82) is 0 Å². The minimum atomic E-state index is -1.01. The number of carbonyl (C=O) groups is 2. The maximum atomic E-state index is 11.6. The molecule has 0 aromatic rings. The highest BCUT2D eigenvalue weighted by molar-refractivity contribution is 5.79. The summed E-state index contributed by atoms with van der Waals surface area (Å²) in [6, 6.07) is -0.871. The van der Waals surface area contributed by atoms with Gasteiger partial charge in [-0.1, -0.05) is 39.5 Å². The maximum absolute atomic E-state index is 11.6. The number of unbranched alkanes of at least 4 members (excludes halogenated alkanes) is 2.